The number of esters is 1. The maximum atomic E-state index is 12.4. The summed E-state index contributed by atoms with van der Waals surface area (Å²) in [4.78, 5) is 12.4. The number of hydrogen-bond donors (Lipinski definition) is 0. The number of ether oxygens (including phenoxy) is 3. The van der Waals surface area contributed by atoms with Crippen molar-refractivity contribution in [1.82, 2.24) is 14.8 Å². The van der Waals surface area contributed by atoms with Crippen molar-refractivity contribution in [3.63, 3.8) is 0 Å². The third-order valence-electron chi connectivity index (χ3n) is 5.10. The Balaban J connectivity index is 1.61. The summed E-state index contributed by atoms with van der Waals surface area (Å²) in [5, 5.41) is 9.40. The molecule has 0 aliphatic carbocycles. The van der Waals surface area contributed by atoms with Gasteiger partial charge in [-0.05, 0) is 36.8 Å². The Hall–Kier alpha value is -3.78. The van der Waals surface area contributed by atoms with E-state index in [1.807, 2.05) is 78.2 Å². The molecule has 0 radical (unpaired) electrons. The zero-order valence-corrected chi connectivity index (χ0v) is 20.0. The second kappa shape index (κ2) is 10.9. The Morgan fingerprint density at radius 2 is 1.59 bits per heavy atom. The van der Waals surface area contributed by atoms with E-state index in [0.29, 0.717) is 22.5 Å². The first-order chi connectivity index (χ1) is 16.6. The second-order valence-electron chi connectivity index (χ2n) is 7.51. The van der Waals surface area contributed by atoms with Crippen molar-refractivity contribution in [2.24, 2.45) is 0 Å². The fourth-order valence-corrected chi connectivity index (χ4v) is 4.07. The van der Waals surface area contributed by atoms with Gasteiger partial charge in [-0.3, -0.25) is 9.36 Å². The number of methoxy groups -OCH3 is 2. The number of aromatic nitrogens is 3. The van der Waals surface area contributed by atoms with Gasteiger partial charge in [-0.2, -0.15) is 0 Å². The van der Waals surface area contributed by atoms with Crippen LogP contribution in [0.5, 0.6) is 11.5 Å². The van der Waals surface area contributed by atoms with Crippen LogP contribution in [-0.2, 0) is 16.1 Å². The fourth-order valence-electron chi connectivity index (χ4n) is 3.32. The molecule has 1 heterocycles. The summed E-state index contributed by atoms with van der Waals surface area (Å²) in [5.41, 5.74) is 3.74. The number of carbonyl (C=O) groups excluding carboxylic acids is 1. The highest BCUT2D eigenvalue weighted by molar-refractivity contribution is 7.99. The molecule has 0 saturated carbocycles. The lowest BCUT2D eigenvalue weighted by Gasteiger charge is -2.12. The van der Waals surface area contributed by atoms with Gasteiger partial charge in [0.1, 0.15) is 18.1 Å². The first kappa shape index (κ1) is 23.4. The minimum atomic E-state index is -0.322. The molecule has 4 aromatic rings. The maximum absolute atomic E-state index is 12.4. The molecule has 0 aliphatic heterocycles. The average molecular weight is 476 g/mol. The van der Waals surface area contributed by atoms with Gasteiger partial charge in [0.05, 0.1) is 20.0 Å². The van der Waals surface area contributed by atoms with Gasteiger partial charge < -0.3 is 14.2 Å². The minimum absolute atomic E-state index is 0.109. The summed E-state index contributed by atoms with van der Waals surface area (Å²) in [6.07, 6.45) is 0. The Kier molecular flexibility index (Phi) is 7.49. The Morgan fingerprint density at radius 3 is 2.24 bits per heavy atom. The van der Waals surface area contributed by atoms with E-state index < -0.39 is 0 Å². The summed E-state index contributed by atoms with van der Waals surface area (Å²) >= 11 is 1.28. The summed E-state index contributed by atoms with van der Waals surface area (Å²) < 4.78 is 18.2. The Bertz CT molecular complexity index is 1230. The lowest BCUT2D eigenvalue weighted by atomic mass is 10.1. The standard InChI is InChI=1S/C26H25N3O4S/c1-18-9-11-21(12-10-18)29-25(20-13-22(31-2)15-23(14-20)32-3)27-28-26(29)34-17-24(30)33-16-19-7-5-4-6-8-19/h4-15H,16-17H2,1-3H3. The highest BCUT2D eigenvalue weighted by atomic mass is 32.2. The number of carbonyl (C=O) groups is 1. The molecule has 1 aromatic heterocycles. The molecule has 0 unspecified atom stereocenters. The summed E-state index contributed by atoms with van der Waals surface area (Å²) in [5.74, 6) is 1.69. The number of nitrogens with zero attached hydrogens (tertiary/aromatic N) is 3. The van der Waals surface area contributed by atoms with Gasteiger partial charge in [0.25, 0.3) is 0 Å². The largest absolute Gasteiger partial charge is 0.497 e. The molecule has 7 nitrogen and oxygen atoms in total. The van der Waals surface area contributed by atoms with Gasteiger partial charge in [0.2, 0.25) is 0 Å². The molecule has 0 saturated heterocycles. The van der Waals surface area contributed by atoms with Gasteiger partial charge in [-0.15, -0.1) is 10.2 Å². The molecule has 0 bridgehead atoms. The number of rotatable bonds is 9. The van der Waals surface area contributed by atoms with Gasteiger partial charge in [0.15, 0.2) is 11.0 Å². The molecule has 0 atom stereocenters. The highest BCUT2D eigenvalue weighted by Gasteiger charge is 2.19. The topological polar surface area (TPSA) is 75.5 Å². The molecule has 0 amide bonds. The molecule has 174 valence electrons. The van der Waals surface area contributed by atoms with E-state index >= 15 is 0 Å². The van der Waals surface area contributed by atoms with E-state index in [9.17, 15) is 4.79 Å². The van der Waals surface area contributed by atoms with Crippen molar-refractivity contribution in [2.45, 2.75) is 18.7 Å². The van der Waals surface area contributed by atoms with Crippen molar-refractivity contribution in [2.75, 3.05) is 20.0 Å². The van der Waals surface area contributed by atoms with Gasteiger partial charge >= 0.3 is 5.97 Å². The van der Waals surface area contributed by atoms with Crippen LogP contribution in [-0.4, -0.2) is 40.7 Å². The second-order valence-corrected chi connectivity index (χ2v) is 8.46. The van der Waals surface area contributed by atoms with E-state index in [1.165, 1.54) is 11.8 Å². The van der Waals surface area contributed by atoms with Gasteiger partial charge in [0, 0.05) is 17.3 Å². The van der Waals surface area contributed by atoms with Crippen LogP contribution >= 0.6 is 11.8 Å². The highest BCUT2D eigenvalue weighted by Crippen LogP contribution is 2.33. The van der Waals surface area contributed by atoms with Crippen molar-refractivity contribution in [1.29, 1.82) is 0 Å². The normalized spacial score (nSPS) is 10.7. The number of thioether (sulfide) groups is 1. The predicted octanol–water partition coefficient (Wildman–Crippen LogP) is 5.10. The zero-order valence-electron chi connectivity index (χ0n) is 19.2. The molecule has 0 N–H and O–H groups in total. The van der Waals surface area contributed by atoms with E-state index in [0.717, 1.165) is 22.4 Å². The van der Waals surface area contributed by atoms with Crippen molar-refractivity contribution in [3.8, 4) is 28.6 Å². The van der Waals surface area contributed by atoms with Crippen LogP contribution in [0, 0.1) is 6.92 Å². The summed E-state index contributed by atoms with van der Waals surface area (Å²) in [6.45, 7) is 2.27. The number of hydrogen-bond acceptors (Lipinski definition) is 7. The monoisotopic (exact) mass is 475 g/mol. The third kappa shape index (κ3) is 5.58. The van der Waals surface area contributed by atoms with Crippen LogP contribution in [0.3, 0.4) is 0 Å². The van der Waals surface area contributed by atoms with Gasteiger partial charge in [-0.25, -0.2) is 0 Å². The van der Waals surface area contributed by atoms with Crippen molar-refractivity contribution in [3.05, 3.63) is 83.9 Å². The molecule has 4 rings (SSSR count). The first-order valence-corrected chi connectivity index (χ1v) is 11.6. The van der Waals surface area contributed by atoms with E-state index in [1.54, 1.807) is 20.3 Å². The molecule has 0 spiro atoms. The van der Waals surface area contributed by atoms with Crippen molar-refractivity contribution < 1.29 is 19.0 Å². The SMILES string of the molecule is COc1cc(OC)cc(-c2nnc(SCC(=O)OCc3ccccc3)n2-c2ccc(C)cc2)c1. The van der Waals surface area contributed by atoms with E-state index in [4.69, 9.17) is 14.2 Å². The smallest absolute Gasteiger partial charge is 0.316 e. The fraction of sp³-hybridized carbons (Fsp3) is 0.192. The summed E-state index contributed by atoms with van der Waals surface area (Å²) in [6, 6.07) is 23.2. The van der Waals surface area contributed by atoms with Crippen molar-refractivity contribution >= 4 is 17.7 Å². The van der Waals surface area contributed by atoms with Crippen LogP contribution < -0.4 is 9.47 Å². The third-order valence-corrected chi connectivity index (χ3v) is 6.00. The quantitative estimate of drug-likeness (QED) is 0.246. The Morgan fingerprint density at radius 1 is 0.912 bits per heavy atom. The predicted molar refractivity (Wildman–Crippen MR) is 132 cm³/mol. The lowest BCUT2D eigenvalue weighted by Crippen LogP contribution is -2.08. The molecular formula is C26H25N3O4S. The van der Waals surface area contributed by atoms with Gasteiger partial charge in [-0.1, -0.05) is 59.8 Å². The number of benzene rings is 3. The molecule has 0 fully saturated rings. The minimum Gasteiger partial charge on any atom is -0.497 e. The Labute approximate surface area is 202 Å². The lowest BCUT2D eigenvalue weighted by molar-refractivity contribution is -0.141. The zero-order chi connectivity index (χ0) is 23.9. The molecule has 3 aromatic carbocycles. The van der Waals surface area contributed by atoms with E-state index in [2.05, 4.69) is 10.2 Å². The van der Waals surface area contributed by atoms with Crippen LogP contribution in [0.2, 0.25) is 0 Å². The van der Waals surface area contributed by atoms with E-state index in [-0.39, 0.29) is 18.3 Å². The number of aryl methyl sites for hydroxylation is 1. The van der Waals surface area contributed by atoms with Crippen LogP contribution in [0.4, 0.5) is 0 Å². The van der Waals surface area contributed by atoms with Crippen LogP contribution in [0.15, 0.2) is 78.0 Å². The molecule has 34 heavy (non-hydrogen) atoms. The van der Waals surface area contributed by atoms with Crippen LogP contribution in [0.1, 0.15) is 11.1 Å². The summed E-state index contributed by atoms with van der Waals surface area (Å²) in [7, 11) is 3.21. The molecular weight excluding hydrogens is 450 g/mol. The molecule has 0 aliphatic rings. The van der Waals surface area contributed by atoms with Crippen LogP contribution in [0.25, 0.3) is 17.1 Å². The maximum Gasteiger partial charge on any atom is 0.316 e. The first-order valence-electron chi connectivity index (χ1n) is 10.7. The average Bonchev–Trinajstić information content (AvgIpc) is 3.31. The molecule has 8 heteroatoms.